The lowest BCUT2D eigenvalue weighted by atomic mass is 9.58. The maximum atomic E-state index is 13.1. The van der Waals surface area contributed by atoms with Crippen molar-refractivity contribution in [1.82, 2.24) is 0 Å². The fourth-order valence-corrected chi connectivity index (χ4v) is 3.70. The molecular weight excluding hydrogens is 292 g/mol. The van der Waals surface area contributed by atoms with Gasteiger partial charge in [0.25, 0.3) is 0 Å². The molecule has 118 valence electrons. The summed E-state index contributed by atoms with van der Waals surface area (Å²) in [7, 11) is 0. The van der Waals surface area contributed by atoms with E-state index >= 15 is 0 Å². The zero-order valence-corrected chi connectivity index (χ0v) is 12.7. The first-order valence-electron chi connectivity index (χ1n) is 7.76. The molecule has 0 saturated heterocycles. The molecule has 0 spiro atoms. The zero-order valence-electron chi connectivity index (χ0n) is 12.7. The predicted molar refractivity (Wildman–Crippen MR) is 85.0 cm³/mol. The standard InChI is InChI=1S/C19H18O4/c1-2-7-13-15(20)14-10-6-11-19(17(13)22,18(14)23)16(21)12-8-4-3-5-9-12/h2-5,8-9,14,22H,1,6-7,10-11H2/t14-,19-/m1/s1. The van der Waals surface area contributed by atoms with E-state index in [0.29, 0.717) is 18.4 Å². The summed E-state index contributed by atoms with van der Waals surface area (Å²) in [5.74, 6) is -2.41. The van der Waals surface area contributed by atoms with Crippen LogP contribution in [0.1, 0.15) is 36.0 Å². The first-order chi connectivity index (χ1) is 11.0. The van der Waals surface area contributed by atoms with E-state index in [-0.39, 0.29) is 30.0 Å². The first-order valence-corrected chi connectivity index (χ1v) is 7.76. The van der Waals surface area contributed by atoms with E-state index in [0.717, 1.165) is 0 Å². The quantitative estimate of drug-likeness (QED) is 0.526. The highest BCUT2D eigenvalue weighted by molar-refractivity contribution is 6.26. The first kappa shape index (κ1) is 15.4. The second kappa shape index (κ2) is 5.61. The minimum absolute atomic E-state index is 0.161. The minimum Gasteiger partial charge on any atom is -0.510 e. The van der Waals surface area contributed by atoms with Gasteiger partial charge in [-0.3, -0.25) is 14.4 Å². The predicted octanol–water partition coefficient (Wildman–Crippen LogP) is 3.20. The summed E-state index contributed by atoms with van der Waals surface area (Å²) >= 11 is 0. The molecule has 0 radical (unpaired) electrons. The van der Waals surface area contributed by atoms with Gasteiger partial charge in [-0.05, 0) is 19.3 Å². The summed E-state index contributed by atoms with van der Waals surface area (Å²) < 4.78 is 0. The lowest BCUT2D eigenvalue weighted by Gasteiger charge is -2.41. The number of aliphatic hydroxyl groups excluding tert-OH is 1. The highest BCUT2D eigenvalue weighted by atomic mass is 16.3. The number of benzene rings is 1. The van der Waals surface area contributed by atoms with Gasteiger partial charge in [-0.2, -0.15) is 0 Å². The second-order valence-electron chi connectivity index (χ2n) is 6.09. The number of ketones is 3. The van der Waals surface area contributed by atoms with Crippen molar-refractivity contribution in [3.05, 3.63) is 59.9 Å². The number of fused-ring (bicyclic) bond motifs is 2. The zero-order chi connectivity index (χ0) is 16.6. The Morgan fingerprint density at radius 3 is 2.65 bits per heavy atom. The third kappa shape index (κ3) is 2.09. The molecule has 0 heterocycles. The van der Waals surface area contributed by atoms with Gasteiger partial charge >= 0.3 is 0 Å². The summed E-state index contributed by atoms with van der Waals surface area (Å²) in [6.07, 6.45) is 2.92. The monoisotopic (exact) mass is 310 g/mol. The Morgan fingerprint density at radius 2 is 2.00 bits per heavy atom. The molecule has 4 heteroatoms. The Kier molecular flexibility index (Phi) is 3.76. The minimum atomic E-state index is -1.60. The second-order valence-corrected chi connectivity index (χ2v) is 6.09. The Morgan fingerprint density at radius 1 is 1.30 bits per heavy atom. The number of aliphatic hydroxyl groups is 1. The summed E-state index contributed by atoms with van der Waals surface area (Å²) in [4.78, 5) is 38.4. The van der Waals surface area contributed by atoms with E-state index in [1.807, 2.05) is 0 Å². The van der Waals surface area contributed by atoms with Crippen molar-refractivity contribution in [2.45, 2.75) is 25.7 Å². The number of rotatable bonds is 4. The van der Waals surface area contributed by atoms with Gasteiger partial charge in [-0.25, -0.2) is 0 Å². The maximum absolute atomic E-state index is 13.1. The molecule has 2 atom stereocenters. The number of hydrogen-bond acceptors (Lipinski definition) is 4. The summed E-state index contributed by atoms with van der Waals surface area (Å²) in [5, 5.41) is 10.7. The van der Waals surface area contributed by atoms with Gasteiger partial charge in [0, 0.05) is 11.1 Å². The van der Waals surface area contributed by atoms with E-state index in [2.05, 4.69) is 6.58 Å². The van der Waals surface area contributed by atoms with E-state index in [9.17, 15) is 19.5 Å². The fraction of sp³-hybridized carbons (Fsp3) is 0.316. The van der Waals surface area contributed by atoms with Crippen molar-refractivity contribution >= 4 is 17.3 Å². The van der Waals surface area contributed by atoms with Crippen LogP contribution in [0, 0.1) is 11.3 Å². The molecule has 2 bridgehead atoms. The van der Waals surface area contributed by atoms with Crippen LogP contribution in [0.4, 0.5) is 0 Å². The number of hydrogen-bond donors (Lipinski definition) is 1. The van der Waals surface area contributed by atoms with Crippen LogP contribution < -0.4 is 0 Å². The van der Waals surface area contributed by atoms with Gasteiger partial charge in [0.05, 0.1) is 5.92 Å². The van der Waals surface area contributed by atoms with Crippen LogP contribution in [0.2, 0.25) is 0 Å². The van der Waals surface area contributed by atoms with Gasteiger partial charge in [-0.1, -0.05) is 42.8 Å². The van der Waals surface area contributed by atoms with Gasteiger partial charge in [0.2, 0.25) is 0 Å². The van der Waals surface area contributed by atoms with Crippen LogP contribution in [0.5, 0.6) is 0 Å². The molecule has 1 saturated carbocycles. The molecule has 3 rings (SSSR count). The Bertz CT molecular complexity index is 729. The largest absolute Gasteiger partial charge is 0.510 e. The maximum Gasteiger partial charge on any atom is 0.184 e. The normalized spacial score (nSPS) is 27.0. The van der Waals surface area contributed by atoms with Crippen LogP contribution >= 0.6 is 0 Å². The van der Waals surface area contributed by atoms with Crippen molar-refractivity contribution < 1.29 is 19.5 Å². The molecule has 0 aromatic heterocycles. The number of carbonyl (C=O) groups excluding carboxylic acids is 3. The van der Waals surface area contributed by atoms with E-state index in [1.54, 1.807) is 30.3 Å². The van der Waals surface area contributed by atoms with Gasteiger partial charge in [-0.15, -0.1) is 6.58 Å². The molecule has 2 aliphatic carbocycles. The molecule has 1 aromatic rings. The van der Waals surface area contributed by atoms with E-state index in [1.165, 1.54) is 6.08 Å². The average molecular weight is 310 g/mol. The Hall–Kier alpha value is -2.49. The average Bonchev–Trinajstić information content (AvgIpc) is 2.58. The molecule has 1 N–H and O–H groups in total. The highest BCUT2D eigenvalue weighted by Crippen LogP contribution is 2.49. The van der Waals surface area contributed by atoms with Gasteiger partial charge in [0.1, 0.15) is 11.2 Å². The lowest BCUT2D eigenvalue weighted by Crippen LogP contribution is -2.53. The Labute approximate surface area is 134 Å². The van der Waals surface area contributed by atoms with E-state index in [4.69, 9.17) is 0 Å². The van der Waals surface area contributed by atoms with Gasteiger partial charge in [0.15, 0.2) is 17.3 Å². The molecule has 1 aromatic carbocycles. The molecule has 0 aliphatic heterocycles. The summed E-state index contributed by atoms with van der Waals surface area (Å²) in [6.45, 7) is 3.60. The van der Waals surface area contributed by atoms with Gasteiger partial charge < -0.3 is 5.11 Å². The Balaban J connectivity index is 2.21. The van der Waals surface area contributed by atoms with E-state index < -0.39 is 22.9 Å². The molecular formula is C19H18O4. The fourth-order valence-electron chi connectivity index (χ4n) is 3.70. The van der Waals surface area contributed by atoms with Crippen molar-refractivity contribution in [2.75, 3.05) is 0 Å². The number of carbonyl (C=O) groups is 3. The molecule has 23 heavy (non-hydrogen) atoms. The summed E-state index contributed by atoms with van der Waals surface area (Å²) in [5.41, 5.74) is -1.06. The smallest absolute Gasteiger partial charge is 0.184 e. The van der Waals surface area contributed by atoms with Crippen LogP contribution in [0.15, 0.2) is 54.3 Å². The van der Waals surface area contributed by atoms with Crippen LogP contribution in [-0.2, 0) is 9.59 Å². The summed E-state index contributed by atoms with van der Waals surface area (Å²) in [6, 6.07) is 8.47. The van der Waals surface area contributed by atoms with Crippen molar-refractivity contribution in [1.29, 1.82) is 0 Å². The molecule has 0 amide bonds. The van der Waals surface area contributed by atoms with Crippen LogP contribution in [0.25, 0.3) is 0 Å². The van der Waals surface area contributed by atoms with Crippen LogP contribution in [0.3, 0.4) is 0 Å². The third-order valence-electron chi connectivity index (χ3n) is 4.86. The topological polar surface area (TPSA) is 71.4 Å². The SMILES string of the molecule is C=CCC1=C(O)[C@]2(C(=O)c3ccccc3)CCC[C@H](C1=O)C2=O. The number of Topliss-reactive ketones (excluding diaryl/α,β-unsaturated/α-hetero) is 3. The number of allylic oxidation sites excluding steroid dienone is 3. The lowest BCUT2D eigenvalue weighted by molar-refractivity contribution is -0.140. The van der Waals surface area contributed by atoms with Crippen molar-refractivity contribution in [3.63, 3.8) is 0 Å². The molecule has 1 fully saturated rings. The molecule has 2 aliphatic rings. The van der Waals surface area contributed by atoms with Crippen molar-refractivity contribution in [3.8, 4) is 0 Å². The highest BCUT2D eigenvalue weighted by Gasteiger charge is 2.59. The molecule has 4 nitrogen and oxygen atoms in total. The third-order valence-corrected chi connectivity index (χ3v) is 4.86. The van der Waals surface area contributed by atoms with Crippen molar-refractivity contribution in [2.24, 2.45) is 11.3 Å². The van der Waals surface area contributed by atoms with Crippen LogP contribution in [-0.4, -0.2) is 22.5 Å². The molecule has 0 unspecified atom stereocenters.